The average Bonchev–Trinajstić information content (AvgIpc) is 2.87. The van der Waals surface area contributed by atoms with Gasteiger partial charge in [0.05, 0.1) is 29.1 Å². The topological polar surface area (TPSA) is 56.5 Å². The Hall–Kier alpha value is -2.24. The second-order valence-electron chi connectivity index (χ2n) is 5.31. The number of ether oxygens (including phenoxy) is 1. The van der Waals surface area contributed by atoms with Gasteiger partial charge in [-0.2, -0.15) is 5.10 Å². The van der Waals surface area contributed by atoms with Gasteiger partial charge < -0.3 is 4.74 Å². The Kier molecular flexibility index (Phi) is 4.15. The summed E-state index contributed by atoms with van der Waals surface area (Å²) in [5, 5.41) is 5.23. The number of Topliss-reactive ketones (excluding diaryl/α,β-unsaturated/α-hetero) is 1. The maximum absolute atomic E-state index is 11.7. The Bertz CT molecular complexity index is 902. The van der Waals surface area contributed by atoms with Crippen LogP contribution in [0.1, 0.15) is 28.7 Å². The molecule has 3 rings (SSSR count). The molecule has 0 radical (unpaired) electrons. The molecule has 6 heteroatoms. The molecule has 0 aliphatic carbocycles. The van der Waals surface area contributed by atoms with E-state index in [4.69, 9.17) is 16.3 Å². The number of hydrogen-bond acceptors (Lipinski definition) is 4. The van der Waals surface area contributed by atoms with Gasteiger partial charge in [0.15, 0.2) is 11.4 Å². The predicted molar refractivity (Wildman–Crippen MR) is 88.9 cm³/mol. The molecule has 5 nitrogen and oxygen atoms in total. The molecule has 0 saturated heterocycles. The van der Waals surface area contributed by atoms with Crippen LogP contribution in [-0.4, -0.2) is 27.5 Å². The Labute approximate surface area is 138 Å². The van der Waals surface area contributed by atoms with Crippen LogP contribution in [0.5, 0.6) is 0 Å². The number of benzene rings is 1. The SMILES string of the molecule is COCc1nn2c(C)c(C(C)=O)cnc2c1-c1cccc(Cl)c1. The summed E-state index contributed by atoms with van der Waals surface area (Å²) in [6.45, 7) is 3.73. The summed E-state index contributed by atoms with van der Waals surface area (Å²) in [6, 6.07) is 7.53. The lowest BCUT2D eigenvalue weighted by atomic mass is 10.1. The van der Waals surface area contributed by atoms with Gasteiger partial charge in [0, 0.05) is 18.3 Å². The first-order valence-corrected chi connectivity index (χ1v) is 7.53. The van der Waals surface area contributed by atoms with E-state index in [1.807, 2.05) is 31.2 Å². The lowest BCUT2D eigenvalue weighted by molar-refractivity contribution is 0.101. The quantitative estimate of drug-likeness (QED) is 0.685. The Morgan fingerprint density at radius 2 is 2.17 bits per heavy atom. The number of carbonyl (C=O) groups is 1. The van der Waals surface area contributed by atoms with E-state index in [0.29, 0.717) is 22.8 Å². The third-order valence-corrected chi connectivity index (χ3v) is 3.97. The maximum Gasteiger partial charge on any atom is 0.163 e. The third kappa shape index (κ3) is 2.73. The minimum absolute atomic E-state index is 0.0370. The minimum atomic E-state index is -0.0370. The van der Waals surface area contributed by atoms with Crippen molar-refractivity contribution < 1.29 is 9.53 Å². The van der Waals surface area contributed by atoms with Crippen LogP contribution in [0.4, 0.5) is 0 Å². The van der Waals surface area contributed by atoms with Gasteiger partial charge in [0.1, 0.15) is 0 Å². The molecule has 3 aromatic rings. The molecule has 0 aliphatic rings. The molecule has 23 heavy (non-hydrogen) atoms. The van der Waals surface area contributed by atoms with Gasteiger partial charge in [-0.05, 0) is 31.5 Å². The zero-order valence-electron chi connectivity index (χ0n) is 13.1. The summed E-state index contributed by atoms with van der Waals surface area (Å²) in [4.78, 5) is 16.2. The van der Waals surface area contributed by atoms with Crippen molar-refractivity contribution in [2.45, 2.75) is 20.5 Å². The number of nitrogens with zero attached hydrogens (tertiary/aromatic N) is 3. The van der Waals surface area contributed by atoms with Crippen LogP contribution in [0.3, 0.4) is 0 Å². The molecule has 0 aliphatic heterocycles. The summed E-state index contributed by atoms with van der Waals surface area (Å²) < 4.78 is 6.96. The molecular weight excluding hydrogens is 314 g/mol. The van der Waals surface area contributed by atoms with Gasteiger partial charge in [0.2, 0.25) is 0 Å². The fourth-order valence-electron chi connectivity index (χ4n) is 2.66. The summed E-state index contributed by atoms with van der Waals surface area (Å²) >= 11 is 6.12. The average molecular weight is 330 g/mol. The fourth-order valence-corrected chi connectivity index (χ4v) is 2.85. The maximum atomic E-state index is 11.7. The van der Waals surface area contributed by atoms with E-state index in [0.717, 1.165) is 22.5 Å². The summed E-state index contributed by atoms with van der Waals surface area (Å²) in [6.07, 6.45) is 1.60. The molecule has 0 bridgehead atoms. The van der Waals surface area contributed by atoms with E-state index in [9.17, 15) is 4.79 Å². The number of ketones is 1. The number of rotatable bonds is 4. The van der Waals surface area contributed by atoms with Crippen molar-refractivity contribution in [3.05, 3.63) is 52.4 Å². The van der Waals surface area contributed by atoms with E-state index in [-0.39, 0.29) is 5.78 Å². The molecule has 0 atom stereocenters. The molecule has 0 fully saturated rings. The number of carbonyl (C=O) groups excluding carboxylic acids is 1. The normalized spacial score (nSPS) is 11.1. The van der Waals surface area contributed by atoms with E-state index in [2.05, 4.69) is 10.1 Å². The van der Waals surface area contributed by atoms with Gasteiger partial charge in [-0.25, -0.2) is 9.50 Å². The number of aryl methyl sites for hydroxylation is 1. The number of halogens is 1. The van der Waals surface area contributed by atoms with Gasteiger partial charge in [-0.1, -0.05) is 23.7 Å². The molecule has 0 unspecified atom stereocenters. The molecule has 0 saturated carbocycles. The van der Waals surface area contributed by atoms with Crippen LogP contribution in [0.15, 0.2) is 30.5 Å². The van der Waals surface area contributed by atoms with E-state index < -0.39 is 0 Å². The minimum Gasteiger partial charge on any atom is -0.378 e. The Balaban J connectivity index is 2.33. The predicted octanol–water partition coefficient (Wildman–Crippen LogP) is 3.71. The zero-order chi connectivity index (χ0) is 16.6. The number of aromatic nitrogens is 3. The Morgan fingerprint density at radius 3 is 2.83 bits per heavy atom. The highest BCUT2D eigenvalue weighted by molar-refractivity contribution is 6.30. The standard InChI is InChI=1S/C17H16ClN3O2/c1-10-14(11(2)22)8-19-17-16(12-5-4-6-13(18)7-12)15(9-23-3)20-21(10)17/h4-8H,9H2,1-3H3. The van der Waals surface area contributed by atoms with Crippen molar-refractivity contribution in [3.8, 4) is 11.1 Å². The molecule has 118 valence electrons. The molecule has 0 amide bonds. The summed E-state index contributed by atoms with van der Waals surface area (Å²) in [7, 11) is 1.62. The first kappa shape index (κ1) is 15.6. The van der Waals surface area contributed by atoms with Gasteiger partial charge in [-0.15, -0.1) is 0 Å². The zero-order valence-corrected chi connectivity index (χ0v) is 13.9. The third-order valence-electron chi connectivity index (χ3n) is 3.73. The highest BCUT2D eigenvalue weighted by atomic mass is 35.5. The van der Waals surface area contributed by atoms with Crippen LogP contribution in [-0.2, 0) is 11.3 Å². The first-order chi connectivity index (χ1) is 11.0. The molecule has 1 aromatic carbocycles. The van der Waals surface area contributed by atoms with Crippen molar-refractivity contribution in [2.75, 3.05) is 7.11 Å². The van der Waals surface area contributed by atoms with E-state index >= 15 is 0 Å². The van der Waals surface area contributed by atoms with Crippen LogP contribution in [0.2, 0.25) is 5.02 Å². The largest absolute Gasteiger partial charge is 0.378 e. The highest BCUT2D eigenvalue weighted by Gasteiger charge is 2.19. The molecular formula is C17H16ClN3O2. The first-order valence-electron chi connectivity index (χ1n) is 7.16. The molecule has 0 spiro atoms. The second-order valence-corrected chi connectivity index (χ2v) is 5.75. The van der Waals surface area contributed by atoms with Crippen molar-refractivity contribution in [1.29, 1.82) is 0 Å². The molecule has 0 N–H and O–H groups in total. The van der Waals surface area contributed by atoms with Gasteiger partial charge in [0.25, 0.3) is 0 Å². The number of fused-ring (bicyclic) bond motifs is 1. The van der Waals surface area contributed by atoms with Crippen LogP contribution >= 0.6 is 11.6 Å². The summed E-state index contributed by atoms with van der Waals surface area (Å²) in [5.41, 5.74) is 4.54. The molecule has 2 aromatic heterocycles. The van der Waals surface area contributed by atoms with Crippen LogP contribution in [0.25, 0.3) is 16.8 Å². The monoisotopic (exact) mass is 329 g/mol. The summed E-state index contributed by atoms with van der Waals surface area (Å²) in [5.74, 6) is -0.0370. The highest BCUT2D eigenvalue weighted by Crippen LogP contribution is 2.30. The second kappa shape index (κ2) is 6.10. The number of hydrogen-bond donors (Lipinski definition) is 0. The lowest BCUT2D eigenvalue weighted by Gasteiger charge is -2.05. The molecule has 2 heterocycles. The number of methoxy groups -OCH3 is 1. The van der Waals surface area contributed by atoms with Crippen molar-refractivity contribution in [2.24, 2.45) is 0 Å². The fraction of sp³-hybridized carbons (Fsp3) is 0.235. The lowest BCUT2D eigenvalue weighted by Crippen LogP contribution is -2.05. The van der Waals surface area contributed by atoms with Gasteiger partial charge >= 0.3 is 0 Å². The van der Waals surface area contributed by atoms with E-state index in [1.165, 1.54) is 6.92 Å². The smallest absolute Gasteiger partial charge is 0.163 e. The van der Waals surface area contributed by atoms with Gasteiger partial charge in [-0.3, -0.25) is 4.79 Å². The van der Waals surface area contributed by atoms with Crippen LogP contribution in [0, 0.1) is 6.92 Å². The van der Waals surface area contributed by atoms with Crippen molar-refractivity contribution in [3.63, 3.8) is 0 Å². The van der Waals surface area contributed by atoms with Crippen LogP contribution < -0.4 is 0 Å². The van der Waals surface area contributed by atoms with Crippen molar-refractivity contribution in [1.82, 2.24) is 14.6 Å². The Morgan fingerprint density at radius 1 is 1.39 bits per heavy atom. The van der Waals surface area contributed by atoms with Crippen molar-refractivity contribution >= 4 is 23.0 Å². The van der Waals surface area contributed by atoms with E-state index in [1.54, 1.807) is 17.8 Å².